The molecule has 6 nitrogen and oxygen atoms in total. The number of methoxy groups -OCH3 is 1. The molecule has 0 aliphatic carbocycles. The van der Waals surface area contributed by atoms with Gasteiger partial charge in [0.05, 0.1) is 12.3 Å². The topological polar surface area (TPSA) is 85.5 Å². The summed E-state index contributed by atoms with van der Waals surface area (Å²) in [5.74, 6) is 0.222. The SMILES string of the molecule is COCCN(CC(C)C)S(=O)(=O)c1cccnc1CN. The summed E-state index contributed by atoms with van der Waals surface area (Å²) < 4.78 is 31.9. The van der Waals surface area contributed by atoms with Crippen molar-refractivity contribution in [1.82, 2.24) is 9.29 Å². The predicted molar refractivity (Wildman–Crippen MR) is 77.6 cm³/mol. The molecule has 0 aromatic carbocycles. The van der Waals surface area contributed by atoms with Gasteiger partial charge in [0.25, 0.3) is 0 Å². The molecule has 1 aromatic rings. The molecule has 0 aliphatic heterocycles. The maximum atomic E-state index is 12.7. The lowest BCUT2D eigenvalue weighted by Crippen LogP contribution is -2.37. The van der Waals surface area contributed by atoms with E-state index in [1.165, 1.54) is 4.31 Å². The van der Waals surface area contributed by atoms with Gasteiger partial charge >= 0.3 is 0 Å². The van der Waals surface area contributed by atoms with Gasteiger partial charge in [0.2, 0.25) is 10.0 Å². The van der Waals surface area contributed by atoms with E-state index in [9.17, 15) is 8.42 Å². The maximum absolute atomic E-state index is 12.7. The van der Waals surface area contributed by atoms with Gasteiger partial charge < -0.3 is 10.5 Å². The maximum Gasteiger partial charge on any atom is 0.245 e. The zero-order chi connectivity index (χ0) is 15.2. The van der Waals surface area contributed by atoms with Crippen molar-refractivity contribution in [2.24, 2.45) is 11.7 Å². The summed E-state index contributed by atoms with van der Waals surface area (Å²) in [7, 11) is -2.05. The lowest BCUT2D eigenvalue weighted by molar-refractivity contribution is 0.175. The Hall–Kier alpha value is -1.02. The van der Waals surface area contributed by atoms with E-state index in [0.717, 1.165) is 0 Å². The van der Waals surface area contributed by atoms with Crippen LogP contribution in [0.15, 0.2) is 23.2 Å². The fourth-order valence-electron chi connectivity index (χ4n) is 1.86. The van der Waals surface area contributed by atoms with Crippen molar-refractivity contribution in [3.63, 3.8) is 0 Å². The summed E-state index contributed by atoms with van der Waals surface area (Å²) in [6.45, 7) is 5.14. The van der Waals surface area contributed by atoms with Crippen LogP contribution in [0.1, 0.15) is 19.5 Å². The number of nitrogens with zero attached hydrogens (tertiary/aromatic N) is 2. The first-order chi connectivity index (χ1) is 9.43. The smallest absolute Gasteiger partial charge is 0.245 e. The Morgan fingerprint density at radius 2 is 2.15 bits per heavy atom. The number of nitrogens with two attached hydrogens (primary N) is 1. The molecule has 0 saturated heterocycles. The van der Waals surface area contributed by atoms with Crippen LogP contribution in [0.25, 0.3) is 0 Å². The number of aromatic nitrogens is 1. The number of sulfonamides is 1. The van der Waals surface area contributed by atoms with E-state index in [2.05, 4.69) is 4.98 Å². The summed E-state index contributed by atoms with van der Waals surface area (Å²) in [6.07, 6.45) is 1.54. The van der Waals surface area contributed by atoms with Crippen molar-refractivity contribution < 1.29 is 13.2 Å². The lowest BCUT2D eigenvalue weighted by atomic mass is 10.2. The van der Waals surface area contributed by atoms with Crippen LogP contribution in [-0.4, -0.2) is 44.5 Å². The van der Waals surface area contributed by atoms with E-state index >= 15 is 0 Å². The third-order valence-corrected chi connectivity index (χ3v) is 4.71. The second kappa shape index (κ2) is 7.68. The fourth-order valence-corrected chi connectivity index (χ4v) is 3.63. The second-order valence-corrected chi connectivity index (χ2v) is 6.81. The first-order valence-electron chi connectivity index (χ1n) is 6.56. The number of pyridine rings is 1. The monoisotopic (exact) mass is 301 g/mol. The van der Waals surface area contributed by atoms with Crippen LogP contribution in [0.5, 0.6) is 0 Å². The van der Waals surface area contributed by atoms with Gasteiger partial charge in [-0.25, -0.2) is 8.42 Å². The number of hydrogen-bond donors (Lipinski definition) is 1. The van der Waals surface area contributed by atoms with Crippen molar-refractivity contribution in [1.29, 1.82) is 0 Å². The van der Waals surface area contributed by atoms with Crippen molar-refractivity contribution in [2.75, 3.05) is 26.8 Å². The molecule has 0 spiro atoms. The largest absolute Gasteiger partial charge is 0.383 e. The molecule has 0 fully saturated rings. The Bertz CT molecular complexity index is 517. The summed E-state index contributed by atoms with van der Waals surface area (Å²) in [5.41, 5.74) is 5.97. The highest BCUT2D eigenvalue weighted by Gasteiger charge is 2.27. The first kappa shape index (κ1) is 17.0. The highest BCUT2D eigenvalue weighted by Crippen LogP contribution is 2.19. The van der Waals surface area contributed by atoms with Crippen LogP contribution in [0, 0.1) is 5.92 Å². The van der Waals surface area contributed by atoms with E-state index in [-0.39, 0.29) is 17.4 Å². The van der Waals surface area contributed by atoms with E-state index in [1.807, 2.05) is 13.8 Å². The van der Waals surface area contributed by atoms with Gasteiger partial charge in [-0.1, -0.05) is 13.8 Å². The van der Waals surface area contributed by atoms with Crippen LogP contribution >= 0.6 is 0 Å². The van der Waals surface area contributed by atoms with Crippen LogP contribution in [0.4, 0.5) is 0 Å². The molecule has 1 rings (SSSR count). The highest BCUT2D eigenvalue weighted by atomic mass is 32.2. The van der Waals surface area contributed by atoms with E-state index in [0.29, 0.717) is 25.4 Å². The second-order valence-electron chi connectivity index (χ2n) is 4.90. The summed E-state index contributed by atoms with van der Waals surface area (Å²) in [5, 5.41) is 0. The number of ether oxygens (including phenoxy) is 1. The molecule has 0 aliphatic rings. The van der Waals surface area contributed by atoms with Crippen molar-refractivity contribution in [3.8, 4) is 0 Å². The molecule has 0 bridgehead atoms. The van der Waals surface area contributed by atoms with Crippen LogP contribution in [-0.2, 0) is 21.3 Å². The molecule has 20 heavy (non-hydrogen) atoms. The molecule has 0 radical (unpaired) electrons. The molecular weight excluding hydrogens is 278 g/mol. The Balaban J connectivity index is 3.14. The van der Waals surface area contributed by atoms with Crippen LogP contribution < -0.4 is 5.73 Å². The van der Waals surface area contributed by atoms with Gasteiger partial charge in [-0.3, -0.25) is 4.98 Å². The average Bonchev–Trinajstić information content (AvgIpc) is 2.42. The van der Waals surface area contributed by atoms with Gasteiger partial charge in [0.15, 0.2) is 0 Å². The summed E-state index contributed by atoms with van der Waals surface area (Å²) >= 11 is 0. The molecule has 1 aromatic heterocycles. The molecule has 0 amide bonds. The molecule has 0 saturated carbocycles. The normalized spacial score (nSPS) is 12.3. The van der Waals surface area contributed by atoms with Crippen molar-refractivity contribution in [2.45, 2.75) is 25.3 Å². The van der Waals surface area contributed by atoms with Gasteiger partial charge in [0.1, 0.15) is 4.90 Å². The van der Waals surface area contributed by atoms with E-state index in [1.54, 1.807) is 25.4 Å². The minimum atomic E-state index is -3.60. The number of rotatable bonds is 8. The fraction of sp³-hybridized carbons (Fsp3) is 0.615. The molecule has 114 valence electrons. The number of hydrogen-bond acceptors (Lipinski definition) is 5. The van der Waals surface area contributed by atoms with Crippen LogP contribution in [0.2, 0.25) is 0 Å². The molecule has 2 N–H and O–H groups in total. The predicted octanol–water partition coefficient (Wildman–Crippen LogP) is 0.833. The standard InChI is InChI=1S/C13H23N3O3S/c1-11(2)10-16(7-8-19-3)20(17,18)13-5-4-6-15-12(13)9-14/h4-6,11H,7-10,14H2,1-3H3. The highest BCUT2D eigenvalue weighted by molar-refractivity contribution is 7.89. The quantitative estimate of drug-likeness (QED) is 0.769. The summed E-state index contributed by atoms with van der Waals surface area (Å²) in [6, 6.07) is 3.15. The lowest BCUT2D eigenvalue weighted by Gasteiger charge is -2.24. The Labute approximate surface area is 121 Å². The molecule has 0 unspecified atom stereocenters. The molecular formula is C13H23N3O3S. The van der Waals surface area contributed by atoms with Gasteiger partial charge in [0, 0.05) is 32.9 Å². The Kier molecular flexibility index (Phi) is 6.54. The van der Waals surface area contributed by atoms with Crippen molar-refractivity contribution >= 4 is 10.0 Å². The minimum Gasteiger partial charge on any atom is -0.383 e. The Morgan fingerprint density at radius 1 is 1.45 bits per heavy atom. The summed E-state index contributed by atoms with van der Waals surface area (Å²) in [4.78, 5) is 4.22. The zero-order valence-corrected chi connectivity index (χ0v) is 13.1. The van der Waals surface area contributed by atoms with Gasteiger partial charge in [-0.05, 0) is 18.1 Å². The van der Waals surface area contributed by atoms with E-state index in [4.69, 9.17) is 10.5 Å². The third kappa shape index (κ3) is 4.24. The van der Waals surface area contributed by atoms with Crippen LogP contribution in [0.3, 0.4) is 0 Å². The van der Waals surface area contributed by atoms with Gasteiger partial charge in [-0.15, -0.1) is 0 Å². The van der Waals surface area contributed by atoms with Gasteiger partial charge in [-0.2, -0.15) is 4.31 Å². The average molecular weight is 301 g/mol. The van der Waals surface area contributed by atoms with E-state index < -0.39 is 10.0 Å². The molecule has 7 heteroatoms. The molecule has 1 heterocycles. The zero-order valence-electron chi connectivity index (χ0n) is 12.2. The minimum absolute atomic E-state index is 0.0925. The molecule has 0 atom stereocenters. The third-order valence-electron chi connectivity index (χ3n) is 2.77. The van der Waals surface area contributed by atoms with Crippen molar-refractivity contribution in [3.05, 3.63) is 24.0 Å². The Morgan fingerprint density at radius 3 is 2.70 bits per heavy atom. The first-order valence-corrected chi connectivity index (χ1v) is 8.00.